The van der Waals surface area contributed by atoms with E-state index in [1.807, 2.05) is 12.1 Å². The Bertz CT molecular complexity index is 1150. The highest BCUT2D eigenvalue weighted by molar-refractivity contribution is 7.15. The number of nitrogens with zero attached hydrogens (tertiary/aromatic N) is 2. The second-order valence-electron chi connectivity index (χ2n) is 7.96. The fourth-order valence-corrected chi connectivity index (χ4v) is 4.92. The van der Waals surface area contributed by atoms with Gasteiger partial charge in [0.1, 0.15) is 5.82 Å². The quantitative estimate of drug-likeness (QED) is 0.636. The number of hydrogen-bond donors (Lipinski definition) is 1. The van der Waals surface area contributed by atoms with Crippen LogP contribution in [0.4, 0.5) is 13.2 Å². The highest BCUT2D eigenvalue weighted by atomic mass is 32.1. The first-order valence-corrected chi connectivity index (χ1v) is 10.8. The molecule has 30 heavy (non-hydrogen) atoms. The Morgan fingerprint density at radius 2 is 2.03 bits per heavy atom. The smallest absolute Gasteiger partial charge is 0.310 e. The van der Waals surface area contributed by atoms with E-state index in [1.165, 1.54) is 23.5 Å². The van der Waals surface area contributed by atoms with E-state index >= 15 is 0 Å². The van der Waals surface area contributed by atoms with Crippen molar-refractivity contribution in [2.75, 3.05) is 6.54 Å². The van der Waals surface area contributed by atoms with Crippen LogP contribution in [0.1, 0.15) is 46.3 Å². The molecule has 0 atom stereocenters. The van der Waals surface area contributed by atoms with Crippen molar-refractivity contribution in [3.63, 3.8) is 0 Å². The van der Waals surface area contributed by atoms with E-state index in [0.717, 1.165) is 58.7 Å². The fourth-order valence-electron chi connectivity index (χ4n) is 3.87. The summed E-state index contributed by atoms with van der Waals surface area (Å²) in [5, 5.41) is 0. The molecule has 1 fully saturated rings. The predicted octanol–water partition coefficient (Wildman–Crippen LogP) is 4.95. The molecule has 1 N–H and O–H groups in total. The number of hydrogen-bond acceptors (Lipinski definition) is 4. The van der Waals surface area contributed by atoms with Crippen LogP contribution in [0.15, 0.2) is 41.2 Å². The lowest BCUT2D eigenvalue weighted by Gasteiger charge is -2.27. The molecule has 8 heteroatoms. The Labute approximate surface area is 175 Å². The minimum atomic E-state index is -4.35. The van der Waals surface area contributed by atoms with E-state index in [9.17, 15) is 18.0 Å². The SMILES string of the molecule is O=c1[nH]c(C2CC2)nc2c1CN(Cc1ccc(-c3cccc(C(F)(F)F)c3)s1)CC2. The lowest BCUT2D eigenvalue weighted by atomic mass is 10.1. The van der Waals surface area contributed by atoms with Crippen LogP contribution in [0.5, 0.6) is 0 Å². The summed E-state index contributed by atoms with van der Waals surface area (Å²) in [7, 11) is 0. The molecular formula is C22H20F3N3OS. The summed E-state index contributed by atoms with van der Waals surface area (Å²) in [6.07, 6.45) is -1.41. The zero-order valence-electron chi connectivity index (χ0n) is 16.1. The Balaban J connectivity index is 1.31. The normalized spacial score (nSPS) is 17.2. The van der Waals surface area contributed by atoms with Crippen LogP contribution in [0.3, 0.4) is 0 Å². The monoisotopic (exact) mass is 431 g/mol. The number of fused-ring (bicyclic) bond motifs is 1. The minimum Gasteiger partial charge on any atom is -0.310 e. The predicted molar refractivity (Wildman–Crippen MR) is 109 cm³/mol. The topological polar surface area (TPSA) is 49.0 Å². The van der Waals surface area contributed by atoms with Crippen LogP contribution in [0.2, 0.25) is 0 Å². The second-order valence-corrected chi connectivity index (χ2v) is 9.12. The molecule has 156 valence electrons. The standard InChI is InChI=1S/C22H20F3N3OS/c23-22(24,25)15-3-1-2-14(10-15)19-7-6-16(30-19)11-28-9-8-18-17(12-28)21(29)27-20(26-18)13-4-5-13/h1-3,6-7,10,13H,4-5,8-9,11-12H2,(H,26,27,29). The van der Waals surface area contributed by atoms with Gasteiger partial charge in [0.15, 0.2) is 0 Å². The van der Waals surface area contributed by atoms with E-state index in [4.69, 9.17) is 0 Å². The van der Waals surface area contributed by atoms with Crippen molar-refractivity contribution in [1.29, 1.82) is 0 Å². The average Bonchev–Trinajstić information content (AvgIpc) is 3.47. The molecule has 0 amide bonds. The molecule has 0 spiro atoms. The van der Waals surface area contributed by atoms with Gasteiger partial charge >= 0.3 is 6.18 Å². The van der Waals surface area contributed by atoms with Gasteiger partial charge in [-0.15, -0.1) is 11.3 Å². The third-order valence-corrected chi connectivity index (χ3v) is 6.76. The third-order valence-electron chi connectivity index (χ3n) is 5.65. The van der Waals surface area contributed by atoms with Crippen molar-refractivity contribution < 1.29 is 13.2 Å². The number of benzene rings is 1. The molecule has 3 heterocycles. The molecule has 2 aromatic heterocycles. The van der Waals surface area contributed by atoms with Crippen LogP contribution < -0.4 is 5.56 Å². The Kier molecular flexibility index (Phi) is 4.78. The number of aromatic amines is 1. The zero-order chi connectivity index (χ0) is 20.9. The van der Waals surface area contributed by atoms with Gasteiger partial charge in [-0.05, 0) is 42.7 Å². The Morgan fingerprint density at radius 3 is 2.80 bits per heavy atom. The van der Waals surface area contributed by atoms with Gasteiger partial charge in [-0.3, -0.25) is 9.69 Å². The molecule has 2 aliphatic rings. The number of halogens is 3. The molecule has 0 bridgehead atoms. The summed E-state index contributed by atoms with van der Waals surface area (Å²) in [5.41, 5.74) is 1.54. The van der Waals surface area contributed by atoms with Gasteiger partial charge in [-0.2, -0.15) is 13.2 Å². The molecule has 1 saturated carbocycles. The average molecular weight is 431 g/mol. The second kappa shape index (κ2) is 7.35. The van der Waals surface area contributed by atoms with E-state index in [2.05, 4.69) is 14.9 Å². The summed E-state index contributed by atoms with van der Waals surface area (Å²) in [4.78, 5) is 24.2. The van der Waals surface area contributed by atoms with Crippen LogP contribution in [0, 0.1) is 0 Å². The maximum absolute atomic E-state index is 13.0. The third kappa shape index (κ3) is 3.94. The van der Waals surface area contributed by atoms with Crippen molar-refractivity contribution in [2.24, 2.45) is 0 Å². The van der Waals surface area contributed by atoms with Crippen molar-refractivity contribution in [1.82, 2.24) is 14.9 Å². The van der Waals surface area contributed by atoms with Gasteiger partial charge in [0, 0.05) is 41.7 Å². The number of aromatic nitrogens is 2. The fraction of sp³-hybridized carbons (Fsp3) is 0.364. The van der Waals surface area contributed by atoms with E-state index in [1.54, 1.807) is 6.07 Å². The van der Waals surface area contributed by atoms with Crippen molar-refractivity contribution in [2.45, 2.75) is 44.4 Å². The van der Waals surface area contributed by atoms with Gasteiger partial charge in [0.25, 0.3) is 5.56 Å². The molecule has 0 unspecified atom stereocenters. The summed E-state index contributed by atoms with van der Waals surface area (Å²) >= 11 is 1.49. The van der Waals surface area contributed by atoms with Gasteiger partial charge < -0.3 is 4.98 Å². The number of H-pyrrole nitrogens is 1. The zero-order valence-corrected chi connectivity index (χ0v) is 16.9. The first-order valence-electron chi connectivity index (χ1n) is 9.97. The first-order chi connectivity index (χ1) is 14.4. The summed E-state index contributed by atoms with van der Waals surface area (Å²) in [6.45, 7) is 2.01. The summed E-state index contributed by atoms with van der Waals surface area (Å²) in [6, 6.07) is 9.23. The van der Waals surface area contributed by atoms with Gasteiger partial charge in [-0.1, -0.05) is 12.1 Å². The van der Waals surface area contributed by atoms with Crippen LogP contribution >= 0.6 is 11.3 Å². The van der Waals surface area contributed by atoms with Gasteiger partial charge in [-0.25, -0.2) is 4.98 Å². The van der Waals surface area contributed by atoms with Gasteiger partial charge in [0.05, 0.1) is 16.8 Å². The molecule has 3 aromatic rings. The molecule has 0 radical (unpaired) electrons. The number of thiophene rings is 1. The highest BCUT2D eigenvalue weighted by Gasteiger charge is 2.31. The Morgan fingerprint density at radius 1 is 1.20 bits per heavy atom. The molecule has 1 aliphatic carbocycles. The number of alkyl halides is 3. The largest absolute Gasteiger partial charge is 0.416 e. The van der Waals surface area contributed by atoms with Crippen molar-refractivity contribution in [3.05, 3.63) is 74.3 Å². The molecule has 0 saturated heterocycles. The molecule has 1 aliphatic heterocycles. The van der Waals surface area contributed by atoms with E-state index in [0.29, 0.717) is 24.6 Å². The number of nitrogens with one attached hydrogen (secondary N) is 1. The van der Waals surface area contributed by atoms with E-state index in [-0.39, 0.29) is 5.56 Å². The number of rotatable bonds is 4. The molecule has 5 rings (SSSR count). The molecular weight excluding hydrogens is 411 g/mol. The van der Waals surface area contributed by atoms with Crippen molar-refractivity contribution >= 4 is 11.3 Å². The van der Waals surface area contributed by atoms with Crippen LogP contribution in [-0.4, -0.2) is 21.4 Å². The maximum atomic E-state index is 13.0. The lowest BCUT2D eigenvalue weighted by molar-refractivity contribution is -0.137. The summed E-state index contributed by atoms with van der Waals surface area (Å²) in [5.74, 6) is 1.25. The molecule has 4 nitrogen and oxygen atoms in total. The van der Waals surface area contributed by atoms with Crippen LogP contribution in [0.25, 0.3) is 10.4 Å². The minimum absolute atomic E-state index is 0.0394. The highest BCUT2D eigenvalue weighted by Crippen LogP contribution is 2.38. The van der Waals surface area contributed by atoms with Crippen molar-refractivity contribution in [3.8, 4) is 10.4 Å². The van der Waals surface area contributed by atoms with Crippen LogP contribution in [-0.2, 0) is 25.7 Å². The lowest BCUT2D eigenvalue weighted by Crippen LogP contribution is -2.35. The summed E-state index contributed by atoms with van der Waals surface area (Å²) < 4.78 is 39.0. The van der Waals surface area contributed by atoms with E-state index < -0.39 is 11.7 Å². The maximum Gasteiger partial charge on any atom is 0.416 e. The molecule has 1 aromatic carbocycles. The Hall–Kier alpha value is -2.45. The van der Waals surface area contributed by atoms with Gasteiger partial charge in [0.2, 0.25) is 0 Å². The first kappa shape index (κ1) is 19.5.